The van der Waals surface area contributed by atoms with Gasteiger partial charge in [-0.3, -0.25) is 9.88 Å². The van der Waals surface area contributed by atoms with E-state index in [4.69, 9.17) is 0 Å². The first kappa shape index (κ1) is 17.5. The summed E-state index contributed by atoms with van der Waals surface area (Å²) in [5, 5.41) is 21.6. The lowest BCUT2D eigenvalue weighted by Gasteiger charge is -2.52. The van der Waals surface area contributed by atoms with Crippen LogP contribution in [0.4, 0.5) is 0 Å². The summed E-state index contributed by atoms with van der Waals surface area (Å²) < 4.78 is 0. The Labute approximate surface area is 155 Å². The summed E-state index contributed by atoms with van der Waals surface area (Å²) in [6, 6.07) is 10.0. The van der Waals surface area contributed by atoms with Crippen LogP contribution in [-0.4, -0.2) is 33.2 Å². The number of aromatic hydroxyl groups is 1. The van der Waals surface area contributed by atoms with Crippen LogP contribution in [0.15, 0.2) is 36.5 Å². The summed E-state index contributed by atoms with van der Waals surface area (Å²) >= 11 is 0. The van der Waals surface area contributed by atoms with Gasteiger partial charge >= 0.3 is 0 Å². The van der Waals surface area contributed by atoms with Gasteiger partial charge in [0.05, 0.1) is 5.69 Å². The van der Waals surface area contributed by atoms with Gasteiger partial charge in [-0.25, -0.2) is 0 Å². The van der Waals surface area contributed by atoms with Gasteiger partial charge in [0.1, 0.15) is 11.4 Å². The zero-order chi connectivity index (χ0) is 18.3. The van der Waals surface area contributed by atoms with Crippen molar-refractivity contribution < 1.29 is 10.2 Å². The second-order valence-corrected chi connectivity index (χ2v) is 8.14. The minimum Gasteiger partial charge on any atom is -0.507 e. The van der Waals surface area contributed by atoms with Crippen LogP contribution in [0.25, 0.3) is 0 Å². The normalized spacial score (nSPS) is 28.9. The van der Waals surface area contributed by atoms with Crippen molar-refractivity contribution in [3.63, 3.8) is 0 Å². The van der Waals surface area contributed by atoms with E-state index in [1.54, 1.807) is 6.20 Å². The molecule has 2 fully saturated rings. The first-order valence-corrected chi connectivity index (χ1v) is 9.63. The number of aliphatic hydroxyl groups is 1. The van der Waals surface area contributed by atoms with Crippen molar-refractivity contribution in [3.05, 3.63) is 58.9 Å². The van der Waals surface area contributed by atoms with Gasteiger partial charge in [-0.15, -0.1) is 0 Å². The van der Waals surface area contributed by atoms with Gasteiger partial charge < -0.3 is 10.2 Å². The van der Waals surface area contributed by atoms with E-state index >= 15 is 0 Å². The second-order valence-electron chi connectivity index (χ2n) is 8.14. The van der Waals surface area contributed by atoms with E-state index in [2.05, 4.69) is 22.0 Å². The number of pyridine rings is 1. The SMILES string of the molecule is Cc1cc(CN2C[C@H]3CCC[C@H](C2)C3(O)c2ccccn2)cc(C)c1O. The maximum Gasteiger partial charge on any atom is 0.121 e. The first-order valence-electron chi connectivity index (χ1n) is 9.63. The topological polar surface area (TPSA) is 56.6 Å². The average Bonchev–Trinajstić information content (AvgIpc) is 2.61. The van der Waals surface area contributed by atoms with Crippen LogP contribution in [0, 0.1) is 25.7 Å². The molecule has 138 valence electrons. The molecule has 1 aromatic carbocycles. The highest BCUT2D eigenvalue weighted by molar-refractivity contribution is 5.42. The third-order valence-corrected chi connectivity index (χ3v) is 6.34. The molecule has 4 heteroatoms. The minimum atomic E-state index is -0.795. The fourth-order valence-corrected chi connectivity index (χ4v) is 5.08. The Balaban J connectivity index is 1.57. The third kappa shape index (κ3) is 2.91. The van der Waals surface area contributed by atoms with Gasteiger partial charge in [0.25, 0.3) is 0 Å². The third-order valence-electron chi connectivity index (χ3n) is 6.34. The smallest absolute Gasteiger partial charge is 0.121 e. The van der Waals surface area contributed by atoms with Crippen molar-refractivity contribution in [2.75, 3.05) is 13.1 Å². The molecular formula is C22H28N2O2. The zero-order valence-corrected chi connectivity index (χ0v) is 15.7. The number of fused-ring (bicyclic) bond motifs is 2. The number of phenolic OH excluding ortho intramolecular Hbond substituents is 1. The van der Waals surface area contributed by atoms with Crippen molar-refractivity contribution >= 4 is 0 Å². The molecule has 1 aliphatic carbocycles. The Hall–Kier alpha value is -1.91. The molecule has 26 heavy (non-hydrogen) atoms. The summed E-state index contributed by atoms with van der Waals surface area (Å²) in [4.78, 5) is 6.97. The predicted molar refractivity (Wildman–Crippen MR) is 102 cm³/mol. The molecule has 2 aliphatic rings. The molecule has 0 spiro atoms. The van der Waals surface area contributed by atoms with Crippen molar-refractivity contribution in [2.45, 2.75) is 45.3 Å². The Bertz CT molecular complexity index is 753. The largest absolute Gasteiger partial charge is 0.507 e. The van der Waals surface area contributed by atoms with Crippen LogP contribution in [0.2, 0.25) is 0 Å². The van der Waals surface area contributed by atoms with Gasteiger partial charge in [-0.2, -0.15) is 0 Å². The van der Waals surface area contributed by atoms with Crippen molar-refractivity contribution in [2.24, 2.45) is 11.8 Å². The Morgan fingerprint density at radius 3 is 2.35 bits per heavy atom. The lowest BCUT2D eigenvalue weighted by Crippen LogP contribution is -2.58. The molecule has 4 nitrogen and oxygen atoms in total. The fraction of sp³-hybridized carbons (Fsp3) is 0.500. The molecule has 2 bridgehead atoms. The van der Waals surface area contributed by atoms with E-state index in [0.29, 0.717) is 5.75 Å². The second kappa shape index (κ2) is 6.67. The molecule has 0 radical (unpaired) electrons. The fourth-order valence-electron chi connectivity index (χ4n) is 5.08. The quantitative estimate of drug-likeness (QED) is 0.887. The number of hydrogen-bond acceptors (Lipinski definition) is 4. The average molecular weight is 352 g/mol. The molecule has 0 amide bonds. The van der Waals surface area contributed by atoms with Gasteiger partial charge in [0.15, 0.2) is 0 Å². The molecular weight excluding hydrogens is 324 g/mol. The van der Waals surface area contributed by atoms with Gasteiger partial charge in [0, 0.05) is 37.7 Å². The lowest BCUT2D eigenvalue weighted by molar-refractivity contribution is -0.151. The molecule has 2 heterocycles. The Kier molecular flexibility index (Phi) is 4.49. The van der Waals surface area contributed by atoms with E-state index in [1.807, 2.05) is 32.0 Å². The van der Waals surface area contributed by atoms with Crippen molar-refractivity contribution in [3.8, 4) is 5.75 Å². The molecule has 0 unspecified atom stereocenters. The number of rotatable bonds is 3. The van der Waals surface area contributed by atoms with Crippen LogP contribution >= 0.6 is 0 Å². The summed E-state index contributed by atoms with van der Waals surface area (Å²) in [6.07, 6.45) is 5.08. The number of benzene rings is 1. The summed E-state index contributed by atoms with van der Waals surface area (Å²) in [5.74, 6) is 0.849. The van der Waals surface area contributed by atoms with Crippen LogP contribution in [0.1, 0.15) is 41.6 Å². The molecule has 2 N–H and O–H groups in total. The maximum absolute atomic E-state index is 11.6. The summed E-state index contributed by atoms with van der Waals surface area (Å²) in [5.41, 5.74) is 3.14. The number of nitrogens with zero attached hydrogens (tertiary/aromatic N) is 2. The first-order chi connectivity index (χ1) is 12.5. The predicted octanol–water partition coefficient (Wildman–Crippen LogP) is 3.52. The Morgan fingerprint density at radius 2 is 1.77 bits per heavy atom. The van der Waals surface area contributed by atoms with Gasteiger partial charge in [-0.1, -0.05) is 24.6 Å². The number of phenols is 1. The van der Waals surface area contributed by atoms with E-state index in [0.717, 1.165) is 49.3 Å². The van der Waals surface area contributed by atoms with Crippen LogP contribution in [0.5, 0.6) is 5.75 Å². The van der Waals surface area contributed by atoms with Crippen LogP contribution < -0.4 is 0 Å². The molecule has 4 rings (SSSR count). The maximum atomic E-state index is 11.6. The number of aryl methyl sites for hydroxylation is 2. The van der Waals surface area contributed by atoms with Crippen molar-refractivity contribution in [1.82, 2.24) is 9.88 Å². The van der Waals surface area contributed by atoms with Gasteiger partial charge in [0.2, 0.25) is 0 Å². The number of likely N-dealkylation sites (tertiary alicyclic amines) is 1. The highest BCUT2D eigenvalue weighted by atomic mass is 16.3. The lowest BCUT2D eigenvalue weighted by atomic mass is 9.64. The summed E-state index contributed by atoms with van der Waals surface area (Å²) in [7, 11) is 0. The number of aromatic nitrogens is 1. The minimum absolute atomic E-state index is 0.226. The number of piperidine rings is 1. The molecule has 1 aromatic heterocycles. The molecule has 2 aromatic rings. The molecule has 1 saturated heterocycles. The Morgan fingerprint density at radius 1 is 1.12 bits per heavy atom. The monoisotopic (exact) mass is 352 g/mol. The number of hydrogen-bond donors (Lipinski definition) is 2. The van der Waals surface area contributed by atoms with Crippen molar-refractivity contribution in [1.29, 1.82) is 0 Å². The zero-order valence-electron chi connectivity index (χ0n) is 15.7. The molecule has 1 aliphatic heterocycles. The van der Waals surface area contributed by atoms with Crippen LogP contribution in [-0.2, 0) is 12.1 Å². The van der Waals surface area contributed by atoms with E-state index in [1.165, 1.54) is 12.0 Å². The van der Waals surface area contributed by atoms with E-state index < -0.39 is 5.60 Å². The van der Waals surface area contributed by atoms with Crippen LogP contribution in [0.3, 0.4) is 0 Å². The molecule has 1 saturated carbocycles. The standard InChI is InChI=1S/C22H28N2O2/c1-15-10-17(11-16(2)21(15)25)12-24-13-18-6-5-7-19(14-24)22(18,26)20-8-3-4-9-23-20/h3-4,8-11,18-19,25-26H,5-7,12-14H2,1-2H3/t18-,19-/m1/s1. The summed E-state index contributed by atoms with van der Waals surface area (Å²) in [6.45, 7) is 6.56. The van der Waals surface area contributed by atoms with E-state index in [-0.39, 0.29) is 11.8 Å². The highest BCUT2D eigenvalue weighted by Crippen LogP contribution is 2.48. The highest BCUT2D eigenvalue weighted by Gasteiger charge is 2.52. The molecule has 2 atom stereocenters. The van der Waals surface area contributed by atoms with E-state index in [9.17, 15) is 10.2 Å². The van der Waals surface area contributed by atoms with Gasteiger partial charge in [-0.05, 0) is 55.5 Å².